The Balaban J connectivity index is 2.19. The Bertz CT molecular complexity index is 946. The number of hydrogen-bond acceptors (Lipinski definition) is 6. The lowest BCUT2D eigenvalue weighted by Gasteiger charge is -2.35. The van der Waals surface area contributed by atoms with Crippen LogP contribution in [0.25, 0.3) is 0 Å². The molecule has 1 atom stereocenters. The quantitative estimate of drug-likeness (QED) is 0.435. The number of fused-ring (bicyclic) bond motifs is 1. The highest BCUT2D eigenvalue weighted by Gasteiger charge is 2.38. The number of amidine groups is 1. The van der Waals surface area contributed by atoms with Gasteiger partial charge in [-0.15, -0.1) is 11.3 Å². The van der Waals surface area contributed by atoms with Crippen molar-refractivity contribution < 1.29 is 27.4 Å². The number of alkyl halides is 3. The number of benzene rings is 1. The average molecular weight is 453 g/mol. The summed E-state index contributed by atoms with van der Waals surface area (Å²) in [5.74, 6) is -0.426. The van der Waals surface area contributed by atoms with E-state index in [0.29, 0.717) is 14.9 Å². The van der Waals surface area contributed by atoms with Crippen molar-refractivity contribution in [3.63, 3.8) is 0 Å². The van der Waals surface area contributed by atoms with Crippen molar-refractivity contribution in [2.45, 2.75) is 18.6 Å². The molecule has 5 nitrogen and oxygen atoms in total. The van der Waals surface area contributed by atoms with Crippen LogP contribution in [0.1, 0.15) is 22.9 Å². The van der Waals surface area contributed by atoms with E-state index >= 15 is 0 Å². The Kier molecular flexibility index (Phi) is 5.79. The van der Waals surface area contributed by atoms with E-state index in [1.54, 1.807) is 6.07 Å². The molecule has 28 heavy (non-hydrogen) atoms. The summed E-state index contributed by atoms with van der Waals surface area (Å²) in [5, 5.41) is -0.117. The molecule has 1 aromatic heterocycles. The summed E-state index contributed by atoms with van der Waals surface area (Å²) in [5.41, 5.74) is -0.411. The predicted molar refractivity (Wildman–Crippen MR) is 102 cm³/mol. The fraction of sp³-hybridized carbons (Fsp3) is 0.294. The van der Waals surface area contributed by atoms with Crippen LogP contribution in [0.2, 0.25) is 4.34 Å². The Hall–Kier alpha value is -1.97. The van der Waals surface area contributed by atoms with Crippen molar-refractivity contribution in [3.05, 3.63) is 39.0 Å². The number of rotatable bonds is 4. The third-order valence-electron chi connectivity index (χ3n) is 4.09. The summed E-state index contributed by atoms with van der Waals surface area (Å²) < 4.78 is 50.2. The molecule has 0 spiro atoms. The Morgan fingerprint density at radius 3 is 2.61 bits per heavy atom. The number of anilines is 1. The van der Waals surface area contributed by atoms with Crippen LogP contribution in [0.3, 0.4) is 0 Å². The number of aliphatic imine (C=N–C) groups is 1. The van der Waals surface area contributed by atoms with E-state index in [1.807, 2.05) is 0 Å². The van der Waals surface area contributed by atoms with Crippen LogP contribution in [0.15, 0.2) is 29.3 Å². The minimum absolute atomic E-state index is 0.0233. The fourth-order valence-corrected chi connectivity index (χ4v) is 4.40. The lowest BCUT2D eigenvalue weighted by molar-refractivity contribution is -0.141. The summed E-state index contributed by atoms with van der Waals surface area (Å²) >= 11 is 13.6. The summed E-state index contributed by atoms with van der Waals surface area (Å²) in [6.07, 6.45) is -4.75. The van der Waals surface area contributed by atoms with Crippen molar-refractivity contribution in [3.8, 4) is 5.75 Å². The smallest absolute Gasteiger partial charge is 0.416 e. The van der Waals surface area contributed by atoms with E-state index < -0.39 is 23.8 Å². The average Bonchev–Trinajstić information content (AvgIpc) is 3.00. The number of esters is 1. The lowest BCUT2D eigenvalue weighted by Crippen LogP contribution is -2.35. The van der Waals surface area contributed by atoms with Crippen LogP contribution in [0, 0.1) is 0 Å². The number of halogens is 5. The summed E-state index contributed by atoms with van der Waals surface area (Å²) in [7, 11) is 2.54. The predicted octanol–water partition coefficient (Wildman–Crippen LogP) is 5.78. The number of carbonyl (C=O) groups excluding carboxylic acids is 1. The first-order chi connectivity index (χ1) is 13.2. The molecule has 0 radical (unpaired) electrons. The van der Waals surface area contributed by atoms with Crippen molar-refractivity contribution in [2.24, 2.45) is 4.99 Å². The molecule has 1 aromatic carbocycles. The molecule has 0 N–H and O–H groups in total. The number of ether oxygens (including phenoxy) is 2. The normalized spacial score (nSPS) is 16.5. The highest BCUT2D eigenvalue weighted by atomic mass is 35.5. The maximum Gasteiger partial charge on any atom is 0.416 e. The van der Waals surface area contributed by atoms with Crippen LogP contribution in [0.5, 0.6) is 5.75 Å². The molecule has 0 saturated heterocycles. The first-order valence-electron chi connectivity index (χ1n) is 7.80. The van der Waals surface area contributed by atoms with E-state index in [2.05, 4.69) is 4.99 Å². The van der Waals surface area contributed by atoms with Crippen LogP contribution in [-0.4, -0.2) is 25.5 Å². The number of thiophene rings is 1. The van der Waals surface area contributed by atoms with Gasteiger partial charge in [-0.2, -0.15) is 13.2 Å². The molecule has 0 aliphatic carbocycles. The molecular weight excluding hydrogens is 440 g/mol. The van der Waals surface area contributed by atoms with Gasteiger partial charge in [0.25, 0.3) is 0 Å². The zero-order valence-electron chi connectivity index (χ0n) is 14.5. The zero-order valence-corrected chi connectivity index (χ0v) is 16.8. The van der Waals surface area contributed by atoms with Gasteiger partial charge in [0, 0.05) is 0 Å². The lowest BCUT2D eigenvalue weighted by atomic mass is 10.1. The van der Waals surface area contributed by atoms with Gasteiger partial charge in [0.15, 0.2) is 0 Å². The third-order valence-corrected chi connectivity index (χ3v) is 5.71. The number of carbonyl (C=O) groups is 1. The molecule has 0 saturated carbocycles. The van der Waals surface area contributed by atoms with Gasteiger partial charge < -0.3 is 14.4 Å². The molecule has 1 aliphatic rings. The standard InChI is InChI=1S/C17H13Cl2F3N2O3S/c1-26-12-4-3-8(17(20,21)22)5-10(12)24-11(7-14(25)27-2)15-9(23-16(24)19)6-13(18)28-15/h3-6,11H,7H2,1-2H3. The molecule has 3 rings (SSSR count). The Morgan fingerprint density at radius 1 is 1.29 bits per heavy atom. The first-order valence-corrected chi connectivity index (χ1v) is 9.37. The molecule has 2 heterocycles. The number of methoxy groups -OCH3 is 2. The number of hydrogen-bond donors (Lipinski definition) is 0. The summed E-state index contributed by atoms with van der Waals surface area (Å²) in [6.45, 7) is 0. The molecule has 0 amide bonds. The first kappa shape index (κ1) is 20.8. The van der Waals surface area contributed by atoms with Crippen molar-refractivity contribution in [2.75, 3.05) is 19.1 Å². The molecule has 150 valence electrons. The largest absolute Gasteiger partial charge is 0.495 e. The van der Waals surface area contributed by atoms with E-state index in [-0.39, 0.29) is 23.2 Å². The molecule has 1 aliphatic heterocycles. The van der Waals surface area contributed by atoms with Gasteiger partial charge in [-0.3, -0.25) is 4.79 Å². The van der Waals surface area contributed by atoms with Gasteiger partial charge in [0.2, 0.25) is 5.29 Å². The minimum atomic E-state index is -4.57. The third kappa shape index (κ3) is 3.92. The van der Waals surface area contributed by atoms with E-state index in [4.69, 9.17) is 32.7 Å². The highest BCUT2D eigenvalue weighted by molar-refractivity contribution is 7.16. The monoisotopic (exact) mass is 452 g/mol. The van der Waals surface area contributed by atoms with Gasteiger partial charge in [-0.25, -0.2) is 4.99 Å². The van der Waals surface area contributed by atoms with E-state index in [0.717, 1.165) is 23.5 Å². The van der Waals surface area contributed by atoms with Gasteiger partial charge in [-0.05, 0) is 35.9 Å². The van der Waals surface area contributed by atoms with Crippen LogP contribution < -0.4 is 9.64 Å². The fourth-order valence-electron chi connectivity index (χ4n) is 2.84. The van der Waals surface area contributed by atoms with Gasteiger partial charge in [0.1, 0.15) is 5.75 Å². The van der Waals surface area contributed by atoms with Crippen molar-refractivity contribution in [1.29, 1.82) is 0 Å². The molecular formula is C17H13Cl2F3N2O3S. The second-order valence-electron chi connectivity index (χ2n) is 5.73. The summed E-state index contributed by atoms with van der Waals surface area (Å²) in [4.78, 5) is 18.1. The molecule has 0 bridgehead atoms. The second kappa shape index (κ2) is 7.81. The van der Waals surface area contributed by atoms with Gasteiger partial charge in [-0.1, -0.05) is 11.6 Å². The summed E-state index contributed by atoms with van der Waals surface area (Å²) in [6, 6.07) is 3.81. The molecule has 11 heteroatoms. The molecule has 2 aromatic rings. The Morgan fingerprint density at radius 2 is 2.00 bits per heavy atom. The molecule has 0 fully saturated rings. The second-order valence-corrected chi connectivity index (χ2v) is 7.78. The highest BCUT2D eigenvalue weighted by Crippen LogP contribution is 2.49. The van der Waals surface area contributed by atoms with Crippen molar-refractivity contribution >= 4 is 57.2 Å². The van der Waals surface area contributed by atoms with Gasteiger partial charge in [0.05, 0.1) is 52.8 Å². The number of nitrogens with zero attached hydrogens (tertiary/aromatic N) is 2. The SMILES string of the molecule is COC(=O)CC1c2sc(Cl)cc2N=C(Cl)N1c1cc(C(F)(F)F)ccc1OC. The topological polar surface area (TPSA) is 51.1 Å². The van der Waals surface area contributed by atoms with Crippen LogP contribution in [0.4, 0.5) is 24.5 Å². The van der Waals surface area contributed by atoms with Crippen LogP contribution >= 0.6 is 34.5 Å². The van der Waals surface area contributed by atoms with E-state index in [1.165, 1.54) is 25.2 Å². The van der Waals surface area contributed by atoms with Gasteiger partial charge >= 0.3 is 12.1 Å². The maximum atomic E-state index is 13.3. The van der Waals surface area contributed by atoms with E-state index in [9.17, 15) is 18.0 Å². The van der Waals surface area contributed by atoms with Crippen molar-refractivity contribution in [1.82, 2.24) is 0 Å². The van der Waals surface area contributed by atoms with Crippen LogP contribution in [-0.2, 0) is 15.7 Å². The minimum Gasteiger partial charge on any atom is -0.495 e. The zero-order chi connectivity index (χ0) is 20.6. The molecule has 1 unspecified atom stereocenters. The Labute approximate surface area is 172 Å². The maximum absolute atomic E-state index is 13.3.